The number of thiophene rings is 2. The minimum atomic E-state index is -0.443. The fourth-order valence-corrected chi connectivity index (χ4v) is 7.19. The van der Waals surface area contributed by atoms with Crippen LogP contribution in [0.2, 0.25) is 0 Å². The van der Waals surface area contributed by atoms with E-state index in [0.29, 0.717) is 38.8 Å². The zero-order valence-electron chi connectivity index (χ0n) is 26.5. The summed E-state index contributed by atoms with van der Waals surface area (Å²) >= 11 is 6.93. The van der Waals surface area contributed by atoms with E-state index in [1.165, 1.54) is 9.79 Å². The maximum Gasteiger partial charge on any atom is 0.330 e. The van der Waals surface area contributed by atoms with Gasteiger partial charge in [-0.3, -0.25) is 0 Å². The average molecular weight is 713 g/mol. The fourth-order valence-electron chi connectivity index (χ4n) is 3.80. The molecule has 0 aliphatic heterocycles. The van der Waals surface area contributed by atoms with Crippen LogP contribution in [0, 0.1) is 23.7 Å². The lowest BCUT2D eigenvalue weighted by Crippen LogP contribution is -2.07. The molecule has 0 radical (unpaired) electrons. The molecule has 0 bridgehead atoms. The van der Waals surface area contributed by atoms with E-state index in [0.717, 1.165) is 48.2 Å². The monoisotopic (exact) mass is 712 g/mol. The van der Waals surface area contributed by atoms with Crippen LogP contribution >= 0.6 is 46.2 Å². The van der Waals surface area contributed by atoms with Gasteiger partial charge in [0.1, 0.15) is 19.0 Å². The Kier molecular flexibility index (Phi) is 16.2. The molecule has 0 unspecified atom stereocenters. The summed E-state index contributed by atoms with van der Waals surface area (Å²) in [7, 11) is 0. The Morgan fingerprint density at radius 1 is 0.625 bits per heavy atom. The van der Waals surface area contributed by atoms with E-state index >= 15 is 0 Å². The zero-order chi connectivity index (χ0) is 33.8. The van der Waals surface area contributed by atoms with Crippen LogP contribution in [0.15, 0.2) is 120 Å². The first-order valence-electron chi connectivity index (χ1n) is 15.1. The van der Waals surface area contributed by atoms with Crippen molar-refractivity contribution in [1.82, 2.24) is 0 Å². The van der Waals surface area contributed by atoms with Crippen molar-refractivity contribution in [2.75, 3.05) is 37.9 Å². The van der Waals surface area contributed by atoms with E-state index < -0.39 is 5.97 Å². The Balaban J connectivity index is 1.11. The minimum Gasteiger partial charge on any atom is -0.492 e. The second-order valence-corrected chi connectivity index (χ2v) is 14.4. The molecule has 2 aromatic carbocycles. The van der Waals surface area contributed by atoms with Crippen molar-refractivity contribution in [2.45, 2.75) is 23.0 Å². The van der Waals surface area contributed by atoms with Crippen LogP contribution < -0.4 is 0 Å². The van der Waals surface area contributed by atoms with Crippen LogP contribution in [0.3, 0.4) is 0 Å². The Hall–Kier alpha value is -3.93. The SMILES string of the molecule is C=CC(=C)OCCOCc1ccc(C#Cc2ccc(SCCSc3ccc(C#Cc4ccc(COCCOC(=O)C=C)s4)cc3)cc2)s1. The van der Waals surface area contributed by atoms with Gasteiger partial charge in [-0.15, -0.1) is 46.2 Å². The molecule has 9 heteroatoms. The van der Waals surface area contributed by atoms with Gasteiger partial charge < -0.3 is 18.9 Å². The van der Waals surface area contributed by atoms with E-state index in [2.05, 4.69) is 98.0 Å². The largest absolute Gasteiger partial charge is 0.492 e. The number of carbonyl (C=O) groups excluding carboxylic acids is 1. The molecule has 0 aliphatic carbocycles. The standard InChI is InChI=1S/C39H36O5S4/c1-4-30(3)43-24-22-41-28-37-20-18-35(47-37)16-10-31-6-12-33(13-7-31)45-26-27-46-34-14-8-32(9-15-34)11-17-36-19-21-38(48-36)29-42-23-25-44-39(40)5-2/h4-9,12-15,18-21H,1-3,22-29H2. The Morgan fingerprint density at radius 3 is 1.56 bits per heavy atom. The summed E-state index contributed by atoms with van der Waals surface area (Å²) in [4.78, 5) is 17.7. The topological polar surface area (TPSA) is 54.0 Å². The molecule has 246 valence electrons. The third-order valence-electron chi connectivity index (χ3n) is 6.18. The molecule has 0 saturated carbocycles. The van der Waals surface area contributed by atoms with Gasteiger partial charge >= 0.3 is 5.97 Å². The second kappa shape index (κ2) is 21.1. The zero-order valence-corrected chi connectivity index (χ0v) is 29.8. The van der Waals surface area contributed by atoms with Gasteiger partial charge in [-0.05, 0) is 78.9 Å². The first kappa shape index (κ1) is 36.9. The first-order chi connectivity index (χ1) is 23.5. The van der Waals surface area contributed by atoms with E-state index in [9.17, 15) is 4.79 Å². The number of hydrogen-bond acceptors (Lipinski definition) is 9. The molecule has 0 N–H and O–H groups in total. The number of hydrogen-bond donors (Lipinski definition) is 0. The van der Waals surface area contributed by atoms with Gasteiger partial charge in [-0.2, -0.15) is 0 Å². The van der Waals surface area contributed by atoms with Gasteiger partial charge in [0.25, 0.3) is 0 Å². The van der Waals surface area contributed by atoms with Crippen molar-refractivity contribution >= 4 is 52.2 Å². The molecule has 0 fully saturated rings. The lowest BCUT2D eigenvalue weighted by Gasteiger charge is -2.05. The predicted molar refractivity (Wildman–Crippen MR) is 201 cm³/mol. The van der Waals surface area contributed by atoms with Crippen molar-refractivity contribution in [3.63, 3.8) is 0 Å². The fraction of sp³-hybridized carbons (Fsp3) is 0.205. The summed E-state index contributed by atoms with van der Waals surface area (Å²) in [6.45, 7) is 13.2. The van der Waals surface area contributed by atoms with Crippen LogP contribution in [-0.4, -0.2) is 43.9 Å². The number of allylic oxidation sites excluding steroid dienone is 1. The predicted octanol–water partition coefficient (Wildman–Crippen LogP) is 8.97. The van der Waals surface area contributed by atoms with E-state index in [1.807, 2.05) is 41.7 Å². The molecule has 4 rings (SSSR count). The number of carbonyl (C=O) groups is 1. The van der Waals surface area contributed by atoms with E-state index in [-0.39, 0.29) is 6.61 Å². The summed E-state index contributed by atoms with van der Waals surface area (Å²) in [6.07, 6.45) is 2.72. The molecule has 2 heterocycles. The highest BCUT2D eigenvalue weighted by atomic mass is 32.2. The maximum absolute atomic E-state index is 11.0. The molecule has 48 heavy (non-hydrogen) atoms. The van der Waals surface area contributed by atoms with Gasteiger partial charge in [-0.1, -0.05) is 43.4 Å². The van der Waals surface area contributed by atoms with E-state index in [1.54, 1.807) is 28.7 Å². The van der Waals surface area contributed by atoms with Crippen LogP contribution in [0.25, 0.3) is 0 Å². The molecule has 2 aromatic heterocycles. The number of benzene rings is 2. The Bertz CT molecular complexity index is 1630. The average Bonchev–Trinajstić information content (AvgIpc) is 3.78. The molecular formula is C39H36O5S4. The van der Waals surface area contributed by atoms with Crippen molar-refractivity contribution < 1.29 is 23.7 Å². The summed E-state index contributed by atoms with van der Waals surface area (Å²) in [5, 5.41) is 0. The molecule has 0 spiro atoms. The number of rotatable bonds is 18. The second-order valence-electron chi connectivity index (χ2n) is 9.77. The third kappa shape index (κ3) is 14.0. The van der Waals surface area contributed by atoms with Crippen LogP contribution in [0.5, 0.6) is 0 Å². The number of esters is 1. The van der Waals surface area contributed by atoms with Crippen molar-refractivity contribution in [2.24, 2.45) is 0 Å². The van der Waals surface area contributed by atoms with Crippen LogP contribution in [-0.2, 0) is 37.0 Å². The smallest absolute Gasteiger partial charge is 0.330 e. The maximum atomic E-state index is 11.0. The summed E-state index contributed by atoms with van der Waals surface area (Å²) in [5.74, 6) is 15.1. The van der Waals surface area contributed by atoms with Crippen LogP contribution in [0.4, 0.5) is 0 Å². The third-order valence-corrected chi connectivity index (χ3v) is 10.4. The molecule has 0 saturated heterocycles. The highest BCUT2D eigenvalue weighted by Crippen LogP contribution is 2.24. The highest BCUT2D eigenvalue weighted by molar-refractivity contribution is 8.03. The Labute approximate surface area is 300 Å². The van der Waals surface area contributed by atoms with Gasteiger partial charge in [-0.25, -0.2) is 4.79 Å². The lowest BCUT2D eigenvalue weighted by atomic mass is 10.2. The van der Waals surface area contributed by atoms with E-state index in [4.69, 9.17) is 18.9 Å². The summed E-state index contributed by atoms with van der Waals surface area (Å²) in [6, 6.07) is 24.9. The summed E-state index contributed by atoms with van der Waals surface area (Å²) < 4.78 is 21.4. The number of ether oxygens (including phenoxy) is 4. The number of thioether (sulfide) groups is 2. The van der Waals surface area contributed by atoms with Crippen LogP contribution in [0.1, 0.15) is 30.6 Å². The molecule has 0 aliphatic rings. The molecular weight excluding hydrogens is 677 g/mol. The van der Waals surface area contributed by atoms with Crippen molar-refractivity contribution in [3.8, 4) is 23.7 Å². The molecule has 4 aromatic rings. The van der Waals surface area contributed by atoms with Gasteiger partial charge in [0, 0.05) is 48.3 Å². The van der Waals surface area contributed by atoms with Gasteiger partial charge in [0.05, 0.1) is 36.2 Å². The first-order valence-corrected chi connectivity index (χ1v) is 18.7. The van der Waals surface area contributed by atoms with Gasteiger partial charge in [0.15, 0.2) is 0 Å². The normalized spacial score (nSPS) is 10.2. The Morgan fingerprint density at radius 2 is 1.10 bits per heavy atom. The highest BCUT2D eigenvalue weighted by Gasteiger charge is 2.02. The van der Waals surface area contributed by atoms with Crippen molar-refractivity contribution in [3.05, 3.63) is 141 Å². The molecule has 5 nitrogen and oxygen atoms in total. The van der Waals surface area contributed by atoms with Gasteiger partial charge in [0.2, 0.25) is 0 Å². The van der Waals surface area contributed by atoms with Crippen molar-refractivity contribution in [1.29, 1.82) is 0 Å². The molecule has 0 atom stereocenters. The quantitative estimate of drug-likeness (QED) is 0.0194. The molecule has 0 amide bonds. The minimum absolute atomic E-state index is 0.211. The lowest BCUT2D eigenvalue weighted by molar-refractivity contribution is -0.139. The summed E-state index contributed by atoms with van der Waals surface area (Å²) in [5.41, 5.74) is 1.98.